The van der Waals surface area contributed by atoms with Crippen LogP contribution in [0.2, 0.25) is 0 Å². The van der Waals surface area contributed by atoms with E-state index in [0.29, 0.717) is 6.29 Å². The van der Waals surface area contributed by atoms with Crippen LogP contribution in [0.4, 0.5) is 0 Å². The Morgan fingerprint density at radius 1 is 0.561 bits per heavy atom. The molecule has 4 aromatic rings. The molecule has 0 saturated heterocycles. The number of carbonyl (C=O) groups is 6. The van der Waals surface area contributed by atoms with Crippen LogP contribution in [0.5, 0.6) is 23.0 Å². The average Bonchev–Trinajstić information content (AvgIpc) is 2.98. The molecule has 4 aromatic carbocycles. The highest BCUT2D eigenvalue weighted by Crippen LogP contribution is 2.40. The predicted molar refractivity (Wildman–Crippen MR) is 142 cm³/mol. The van der Waals surface area contributed by atoms with Gasteiger partial charge in [0, 0.05) is 33.4 Å². The van der Waals surface area contributed by atoms with Gasteiger partial charge in [-0.15, -0.1) is 0 Å². The quantitative estimate of drug-likeness (QED) is 0.276. The Balaban J connectivity index is 0.000000165. The third kappa shape index (κ3) is 3.97. The van der Waals surface area contributed by atoms with E-state index in [1.54, 1.807) is 36.4 Å². The fraction of sp³-hybridized carbons (Fsp3) is 0.0323. The van der Waals surface area contributed by atoms with Gasteiger partial charge in [0.1, 0.15) is 23.0 Å². The summed E-state index contributed by atoms with van der Waals surface area (Å²) in [4.78, 5) is 71.6. The van der Waals surface area contributed by atoms with Crippen LogP contribution in [0.25, 0.3) is 0 Å². The number of ether oxygens (including phenoxy) is 1. The van der Waals surface area contributed by atoms with Crippen molar-refractivity contribution in [3.63, 3.8) is 0 Å². The summed E-state index contributed by atoms with van der Waals surface area (Å²) >= 11 is 0. The predicted octanol–water partition coefficient (Wildman–Crippen LogP) is 3.67. The van der Waals surface area contributed by atoms with Crippen molar-refractivity contribution in [1.29, 1.82) is 0 Å². The highest BCUT2D eigenvalue weighted by molar-refractivity contribution is 6.31. The zero-order chi connectivity index (χ0) is 29.6. The third-order valence-corrected chi connectivity index (χ3v) is 6.83. The van der Waals surface area contributed by atoms with Gasteiger partial charge in [-0.05, 0) is 12.1 Å². The van der Waals surface area contributed by atoms with Gasteiger partial charge in [0.15, 0.2) is 35.7 Å². The Labute approximate surface area is 231 Å². The molecular weight excluding hydrogens is 532 g/mol. The van der Waals surface area contributed by atoms with Gasteiger partial charge >= 0.3 is 0 Å². The normalized spacial score (nSPS) is 12.7. The third-order valence-electron chi connectivity index (χ3n) is 6.83. The fourth-order valence-electron chi connectivity index (χ4n) is 4.90. The minimum atomic E-state index is -0.664. The highest BCUT2D eigenvalue weighted by atomic mass is 16.5. The first-order valence-corrected chi connectivity index (χ1v) is 12.0. The number of carbonyl (C=O) groups excluding carboxylic acids is 6. The Kier molecular flexibility index (Phi) is 6.52. The summed E-state index contributed by atoms with van der Waals surface area (Å²) in [5.74, 6) is -3.46. The highest BCUT2D eigenvalue weighted by Gasteiger charge is 2.35. The van der Waals surface area contributed by atoms with E-state index in [1.165, 1.54) is 19.2 Å². The topological polar surface area (TPSA) is 172 Å². The summed E-state index contributed by atoms with van der Waals surface area (Å²) in [6.07, 6.45) is 0.635. The molecule has 0 fully saturated rings. The maximum atomic E-state index is 12.6. The van der Waals surface area contributed by atoms with Crippen LogP contribution < -0.4 is 4.74 Å². The number of hydrogen-bond donors (Lipinski definition) is 3. The molecule has 10 heteroatoms. The fourth-order valence-corrected chi connectivity index (χ4v) is 4.90. The lowest BCUT2D eigenvalue weighted by atomic mass is 9.82. The molecule has 0 heterocycles. The van der Waals surface area contributed by atoms with E-state index in [9.17, 15) is 44.1 Å². The molecule has 0 unspecified atom stereocenters. The summed E-state index contributed by atoms with van der Waals surface area (Å²) in [6, 6.07) is 14.8. The molecule has 3 N–H and O–H groups in total. The van der Waals surface area contributed by atoms with Crippen LogP contribution in [0, 0.1) is 0 Å². The van der Waals surface area contributed by atoms with E-state index in [0.717, 1.165) is 12.1 Å². The Morgan fingerprint density at radius 3 is 1.39 bits per heavy atom. The molecule has 2 aliphatic rings. The number of hydrogen-bond acceptors (Lipinski definition) is 10. The van der Waals surface area contributed by atoms with Gasteiger partial charge in [0.05, 0.1) is 29.4 Å². The van der Waals surface area contributed by atoms with Crippen LogP contribution >= 0.6 is 0 Å². The van der Waals surface area contributed by atoms with Crippen LogP contribution in [-0.2, 0) is 0 Å². The minimum Gasteiger partial charge on any atom is -0.507 e. The van der Waals surface area contributed by atoms with Crippen molar-refractivity contribution in [3.05, 3.63) is 116 Å². The number of aldehydes is 2. The maximum Gasteiger partial charge on any atom is 0.198 e. The maximum absolute atomic E-state index is 12.6. The van der Waals surface area contributed by atoms with Gasteiger partial charge in [-0.3, -0.25) is 28.8 Å². The van der Waals surface area contributed by atoms with Crippen molar-refractivity contribution in [2.45, 2.75) is 0 Å². The molecule has 0 amide bonds. The first-order valence-electron chi connectivity index (χ1n) is 12.0. The first-order chi connectivity index (χ1) is 19.7. The largest absolute Gasteiger partial charge is 0.507 e. The summed E-state index contributed by atoms with van der Waals surface area (Å²) in [7, 11) is 1.28. The lowest BCUT2D eigenvalue weighted by Crippen LogP contribution is -2.22. The molecule has 0 radical (unpaired) electrons. The second-order valence-corrected chi connectivity index (χ2v) is 8.99. The molecular formula is C31H18O10. The molecule has 0 bridgehead atoms. The smallest absolute Gasteiger partial charge is 0.198 e. The second-order valence-electron chi connectivity index (χ2n) is 8.99. The molecule has 0 aromatic heterocycles. The molecule has 0 spiro atoms. The average molecular weight is 550 g/mol. The lowest BCUT2D eigenvalue weighted by molar-refractivity contribution is 0.0975. The van der Waals surface area contributed by atoms with E-state index in [2.05, 4.69) is 0 Å². The monoisotopic (exact) mass is 550 g/mol. The summed E-state index contributed by atoms with van der Waals surface area (Å²) < 4.78 is 5.08. The molecule has 0 atom stereocenters. The van der Waals surface area contributed by atoms with Crippen molar-refractivity contribution in [1.82, 2.24) is 0 Å². The molecule has 0 saturated carbocycles. The van der Waals surface area contributed by atoms with E-state index in [1.807, 2.05) is 0 Å². The standard InChI is InChI=1S/C16H10O5.C15H8O5/c1-21-16-11(7-17)12(18)6-10-13(16)15(20)9-5-3-2-4-8(9)14(10)19;16-6-10-11(17)5-9-12(15(10)20)14(19)8-4-2-1-3-7(8)13(9)18/h2-7,18H,1H3;1-6,17,20H. The van der Waals surface area contributed by atoms with Gasteiger partial charge in [-0.25, -0.2) is 0 Å². The van der Waals surface area contributed by atoms with E-state index in [4.69, 9.17) is 4.74 Å². The molecule has 10 nitrogen and oxygen atoms in total. The van der Waals surface area contributed by atoms with Crippen molar-refractivity contribution in [2.75, 3.05) is 7.11 Å². The first kappa shape index (κ1) is 26.7. The second kappa shape index (κ2) is 10.0. The van der Waals surface area contributed by atoms with E-state index in [-0.39, 0.29) is 73.6 Å². The molecule has 0 aliphatic heterocycles. The zero-order valence-corrected chi connectivity index (χ0v) is 21.1. The van der Waals surface area contributed by atoms with Gasteiger partial charge in [0.25, 0.3) is 0 Å². The van der Waals surface area contributed by atoms with Crippen molar-refractivity contribution >= 4 is 35.7 Å². The molecule has 202 valence electrons. The van der Waals surface area contributed by atoms with Crippen molar-refractivity contribution < 1.29 is 48.8 Å². The molecule has 41 heavy (non-hydrogen) atoms. The zero-order valence-electron chi connectivity index (χ0n) is 21.1. The number of fused-ring (bicyclic) bond motifs is 4. The number of aromatic hydroxyl groups is 3. The summed E-state index contributed by atoms with van der Waals surface area (Å²) in [5, 5.41) is 29.5. The van der Waals surface area contributed by atoms with Crippen LogP contribution in [-0.4, -0.2) is 58.1 Å². The summed E-state index contributed by atoms with van der Waals surface area (Å²) in [5.41, 5.74) is 0.0837. The number of benzene rings is 4. The summed E-state index contributed by atoms with van der Waals surface area (Å²) in [6.45, 7) is 0. The molecule has 2 aliphatic carbocycles. The van der Waals surface area contributed by atoms with Gasteiger partial charge in [-0.1, -0.05) is 48.5 Å². The van der Waals surface area contributed by atoms with Gasteiger partial charge in [0.2, 0.25) is 0 Å². The minimum absolute atomic E-state index is 0.0149. The number of ketones is 4. The van der Waals surface area contributed by atoms with Crippen molar-refractivity contribution in [3.8, 4) is 23.0 Å². The number of methoxy groups -OCH3 is 1. The van der Waals surface area contributed by atoms with E-state index >= 15 is 0 Å². The van der Waals surface area contributed by atoms with Crippen molar-refractivity contribution in [2.24, 2.45) is 0 Å². The van der Waals surface area contributed by atoms with Crippen LogP contribution in [0.3, 0.4) is 0 Å². The van der Waals surface area contributed by atoms with Gasteiger partial charge < -0.3 is 20.1 Å². The number of rotatable bonds is 3. The van der Waals surface area contributed by atoms with E-state index < -0.39 is 34.4 Å². The van der Waals surface area contributed by atoms with Gasteiger partial charge in [-0.2, -0.15) is 0 Å². The van der Waals surface area contributed by atoms with Crippen LogP contribution in [0.1, 0.15) is 84.4 Å². The number of phenols is 3. The lowest BCUT2D eigenvalue weighted by Gasteiger charge is -2.21. The number of phenolic OH excluding ortho intramolecular Hbond substituents is 3. The SMILES string of the molecule is COc1c(C=O)c(O)cc2c1C(=O)c1ccccc1C2=O.O=Cc1c(O)cc2c(c1O)C(=O)c1ccccc1C2=O. The Hall–Kier alpha value is -5.90. The van der Waals surface area contributed by atoms with Crippen LogP contribution in [0.15, 0.2) is 60.7 Å². The Bertz CT molecular complexity index is 1870. The Morgan fingerprint density at radius 2 is 0.951 bits per heavy atom. The molecule has 6 rings (SSSR count).